The summed E-state index contributed by atoms with van der Waals surface area (Å²) in [4.78, 5) is 21.2. The van der Waals surface area contributed by atoms with E-state index in [0.29, 0.717) is 11.4 Å². The van der Waals surface area contributed by atoms with Crippen LogP contribution in [-0.4, -0.2) is 15.1 Å². The lowest BCUT2D eigenvalue weighted by Gasteiger charge is -1.99. The molecule has 3 heterocycles. The van der Waals surface area contributed by atoms with E-state index >= 15 is 0 Å². The molecule has 0 radical (unpaired) electrons. The third kappa shape index (κ3) is 2.91. The van der Waals surface area contributed by atoms with Crippen molar-refractivity contribution in [3.8, 4) is 34.1 Å². The van der Waals surface area contributed by atoms with Gasteiger partial charge in [-0.25, -0.2) is 9.78 Å². The summed E-state index contributed by atoms with van der Waals surface area (Å²) >= 11 is 1.60. The summed E-state index contributed by atoms with van der Waals surface area (Å²) in [5, 5.41) is 7.84. The summed E-state index contributed by atoms with van der Waals surface area (Å²) in [6, 6.07) is 16.7. The number of rotatable bonds is 3. The van der Waals surface area contributed by atoms with Gasteiger partial charge in [-0.2, -0.15) is 4.98 Å². The zero-order chi connectivity index (χ0) is 19.1. The van der Waals surface area contributed by atoms with Crippen molar-refractivity contribution in [2.24, 2.45) is 0 Å². The minimum Gasteiger partial charge on any atom is -0.422 e. The fraction of sp³-hybridized carbons (Fsp3) is 0.0476. The van der Waals surface area contributed by atoms with Gasteiger partial charge >= 0.3 is 5.63 Å². The summed E-state index contributed by atoms with van der Waals surface area (Å²) in [6.07, 6.45) is 0. The highest BCUT2D eigenvalue weighted by Crippen LogP contribution is 2.27. The summed E-state index contributed by atoms with van der Waals surface area (Å²) in [7, 11) is 0. The van der Waals surface area contributed by atoms with Gasteiger partial charge in [0.15, 0.2) is 0 Å². The van der Waals surface area contributed by atoms with Crippen molar-refractivity contribution < 1.29 is 8.94 Å². The van der Waals surface area contributed by atoms with Crippen LogP contribution in [0.15, 0.2) is 73.7 Å². The highest BCUT2D eigenvalue weighted by Gasteiger charge is 2.16. The molecule has 0 aliphatic rings. The van der Waals surface area contributed by atoms with Crippen molar-refractivity contribution in [1.82, 2.24) is 15.1 Å². The molecule has 5 rings (SSSR count). The van der Waals surface area contributed by atoms with Crippen LogP contribution >= 0.6 is 11.3 Å². The lowest BCUT2D eigenvalue weighted by atomic mass is 10.1. The van der Waals surface area contributed by atoms with Gasteiger partial charge in [0.2, 0.25) is 5.82 Å². The second-order valence-electron chi connectivity index (χ2n) is 6.24. The fourth-order valence-electron chi connectivity index (χ4n) is 2.97. The number of hydrogen-bond acceptors (Lipinski definition) is 7. The molecule has 7 heteroatoms. The Kier molecular flexibility index (Phi) is 3.87. The molecule has 2 aromatic carbocycles. The predicted octanol–water partition coefficient (Wildman–Crippen LogP) is 4.94. The molecule has 136 valence electrons. The van der Waals surface area contributed by atoms with Gasteiger partial charge in [0, 0.05) is 21.9 Å². The Morgan fingerprint density at radius 2 is 1.82 bits per heavy atom. The summed E-state index contributed by atoms with van der Waals surface area (Å²) in [5.41, 5.74) is 2.90. The number of aromatic nitrogens is 3. The minimum atomic E-state index is -0.513. The normalized spacial score (nSPS) is 11.2. The van der Waals surface area contributed by atoms with Crippen LogP contribution in [0.1, 0.15) is 5.01 Å². The number of nitrogens with zero attached hydrogens (tertiary/aromatic N) is 3. The van der Waals surface area contributed by atoms with E-state index in [9.17, 15) is 4.79 Å². The molecule has 0 bridgehead atoms. The Labute approximate surface area is 163 Å². The van der Waals surface area contributed by atoms with Crippen molar-refractivity contribution in [3.63, 3.8) is 0 Å². The number of aryl methyl sites for hydroxylation is 1. The van der Waals surface area contributed by atoms with Crippen molar-refractivity contribution in [1.29, 1.82) is 0 Å². The first-order chi connectivity index (χ1) is 13.7. The largest absolute Gasteiger partial charge is 0.422 e. The quantitative estimate of drug-likeness (QED) is 0.408. The van der Waals surface area contributed by atoms with E-state index in [1.165, 1.54) is 0 Å². The second kappa shape index (κ2) is 6.54. The standard InChI is InChI=1S/C21H13N3O3S/c1-12-22-17(11-28-12)13-6-4-7-15(9-13)19-23-20(27-24-19)16-10-14-5-2-3-8-18(14)26-21(16)25/h2-11H,1H3. The maximum atomic E-state index is 12.3. The molecular formula is C21H13N3O3S. The van der Waals surface area contributed by atoms with Gasteiger partial charge in [0.25, 0.3) is 5.89 Å². The SMILES string of the molecule is Cc1nc(-c2cccc(-c3noc(-c4cc5ccccc5oc4=O)n3)c2)cs1. The molecule has 6 nitrogen and oxygen atoms in total. The monoisotopic (exact) mass is 387 g/mol. The van der Waals surface area contributed by atoms with Crippen LogP contribution in [0.25, 0.3) is 45.1 Å². The van der Waals surface area contributed by atoms with Crippen LogP contribution in [0.3, 0.4) is 0 Å². The summed E-state index contributed by atoms with van der Waals surface area (Å²) < 4.78 is 10.7. The van der Waals surface area contributed by atoms with Gasteiger partial charge in [0.05, 0.1) is 10.7 Å². The minimum absolute atomic E-state index is 0.129. The Balaban J connectivity index is 1.55. The van der Waals surface area contributed by atoms with Crippen LogP contribution in [0.2, 0.25) is 0 Å². The highest BCUT2D eigenvalue weighted by molar-refractivity contribution is 7.09. The smallest absolute Gasteiger partial charge is 0.349 e. The van der Waals surface area contributed by atoms with Crippen LogP contribution in [0.4, 0.5) is 0 Å². The first-order valence-electron chi connectivity index (χ1n) is 8.57. The van der Waals surface area contributed by atoms with Crippen molar-refractivity contribution in [2.45, 2.75) is 6.92 Å². The number of thiazole rings is 1. The molecule has 28 heavy (non-hydrogen) atoms. The molecule has 0 N–H and O–H groups in total. The number of benzene rings is 2. The van der Waals surface area contributed by atoms with Gasteiger partial charge in [-0.05, 0) is 25.1 Å². The van der Waals surface area contributed by atoms with Crippen molar-refractivity contribution in [3.05, 3.63) is 75.4 Å². The lowest BCUT2D eigenvalue weighted by molar-refractivity contribution is 0.429. The molecule has 0 amide bonds. The molecular weight excluding hydrogens is 374 g/mol. The molecule has 0 fully saturated rings. The van der Waals surface area contributed by atoms with Gasteiger partial charge in [-0.15, -0.1) is 11.3 Å². The lowest BCUT2D eigenvalue weighted by Crippen LogP contribution is -2.02. The third-order valence-corrected chi connectivity index (χ3v) is 5.11. The van der Waals surface area contributed by atoms with Crippen LogP contribution in [0.5, 0.6) is 0 Å². The second-order valence-corrected chi connectivity index (χ2v) is 7.30. The molecule has 5 aromatic rings. The Hall–Kier alpha value is -3.58. The average molecular weight is 387 g/mol. The number of para-hydroxylation sites is 1. The molecule has 0 aliphatic carbocycles. The van der Waals surface area contributed by atoms with E-state index in [1.807, 2.05) is 54.8 Å². The van der Waals surface area contributed by atoms with Crippen molar-refractivity contribution in [2.75, 3.05) is 0 Å². The molecule has 0 unspecified atom stereocenters. The number of fused-ring (bicyclic) bond motifs is 1. The molecule has 0 saturated carbocycles. The maximum Gasteiger partial charge on any atom is 0.349 e. The third-order valence-electron chi connectivity index (χ3n) is 4.33. The topological polar surface area (TPSA) is 82.0 Å². The predicted molar refractivity (Wildman–Crippen MR) is 107 cm³/mol. The van der Waals surface area contributed by atoms with Crippen LogP contribution in [-0.2, 0) is 0 Å². The Bertz CT molecular complexity index is 1370. The zero-order valence-corrected chi connectivity index (χ0v) is 15.6. The highest BCUT2D eigenvalue weighted by atomic mass is 32.1. The summed E-state index contributed by atoms with van der Waals surface area (Å²) in [5.74, 6) is 0.528. The van der Waals surface area contributed by atoms with Gasteiger partial charge in [-0.3, -0.25) is 0 Å². The molecule has 0 aliphatic heterocycles. The summed E-state index contributed by atoms with van der Waals surface area (Å²) in [6.45, 7) is 1.97. The van der Waals surface area contributed by atoms with Crippen molar-refractivity contribution >= 4 is 22.3 Å². The van der Waals surface area contributed by atoms with E-state index in [2.05, 4.69) is 15.1 Å². The first-order valence-corrected chi connectivity index (χ1v) is 9.45. The molecule has 3 aromatic heterocycles. The number of hydrogen-bond donors (Lipinski definition) is 0. The Morgan fingerprint density at radius 1 is 0.964 bits per heavy atom. The maximum absolute atomic E-state index is 12.3. The van der Waals surface area contributed by atoms with Gasteiger partial charge in [0.1, 0.15) is 11.1 Å². The fourth-order valence-corrected chi connectivity index (χ4v) is 3.60. The molecule has 0 saturated heterocycles. The zero-order valence-electron chi connectivity index (χ0n) is 14.7. The average Bonchev–Trinajstić information content (AvgIpc) is 3.37. The first kappa shape index (κ1) is 16.6. The van der Waals surface area contributed by atoms with Gasteiger partial charge < -0.3 is 8.94 Å². The van der Waals surface area contributed by atoms with E-state index in [0.717, 1.165) is 27.2 Å². The van der Waals surface area contributed by atoms with E-state index in [-0.39, 0.29) is 11.5 Å². The molecule has 0 spiro atoms. The molecule has 0 atom stereocenters. The van der Waals surface area contributed by atoms with E-state index in [4.69, 9.17) is 8.94 Å². The van der Waals surface area contributed by atoms with E-state index in [1.54, 1.807) is 23.5 Å². The van der Waals surface area contributed by atoms with Crippen LogP contribution < -0.4 is 5.63 Å². The van der Waals surface area contributed by atoms with E-state index < -0.39 is 5.63 Å². The van der Waals surface area contributed by atoms with Gasteiger partial charge in [-0.1, -0.05) is 41.6 Å². The van der Waals surface area contributed by atoms with Crippen LogP contribution in [0, 0.1) is 6.92 Å². The Morgan fingerprint density at radius 3 is 2.68 bits per heavy atom.